The number of fused-ring (bicyclic) bond motifs is 1. The minimum atomic E-state index is -0.0275. The van der Waals surface area contributed by atoms with Crippen molar-refractivity contribution < 1.29 is 4.79 Å². The zero-order valence-electron chi connectivity index (χ0n) is 13.6. The molecule has 3 aromatic heterocycles. The third-order valence-corrected chi connectivity index (χ3v) is 5.17. The lowest BCUT2D eigenvalue weighted by molar-refractivity contribution is 0.0737. The molecule has 3 aromatic rings. The Kier molecular flexibility index (Phi) is 3.57. The molecule has 124 valence electrons. The number of amides is 1. The van der Waals surface area contributed by atoms with Gasteiger partial charge in [0.2, 0.25) is 0 Å². The van der Waals surface area contributed by atoms with Crippen molar-refractivity contribution in [2.24, 2.45) is 7.05 Å². The van der Waals surface area contributed by atoms with Gasteiger partial charge in [-0.15, -0.1) is 0 Å². The number of aryl methyl sites for hydroxylation is 2. The second-order valence-electron chi connectivity index (χ2n) is 6.17. The Balaban J connectivity index is 1.74. The van der Waals surface area contributed by atoms with Gasteiger partial charge in [-0.2, -0.15) is 5.10 Å². The molecule has 1 saturated heterocycles. The second kappa shape index (κ2) is 5.63. The van der Waals surface area contributed by atoms with Gasteiger partial charge >= 0.3 is 0 Å². The van der Waals surface area contributed by atoms with Gasteiger partial charge in [0.25, 0.3) is 5.91 Å². The lowest BCUT2D eigenvalue weighted by Crippen LogP contribution is -2.30. The Morgan fingerprint density at radius 3 is 3.04 bits per heavy atom. The molecule has 1 aliphatic rings. The smallest absolute Gasteiger partial charge is 0.256 e. The fourth-order valence-corrected chi connectivity index (χ4v) is 3.92. The summed E-state index contributed by atoms with van der Waals surface area (Å²) in [4.78, 5) is 22.4. The van der Waals surface area contributed by atoms with Crippen LogP contribution in [0.5, 0.6) is 0 Å². The van der Waals surface area contributed by atoms with Crippen LogP contribution in [0.3, 0.4) is 0 Å². The van der Waals surface area contributed by atoms with Crippen LogP contribution in [-0.2, 0) is 7.05 Å². The van der Waals surface area contributed by atoms with Gasteiger partial charge in [-0.3, -0.25) is 9.48 Å². The number of nitrogens with zero attached hydrogens (tertiary/aromatic N) is 4. The van der Waals surface area contributed by atoms with E-state index in [0.29, 0.717) is 10.7 Å². The lowest BCUT2D eigenvalue weighted by atomic mass is 10.0. The molecule has 1 fully saturated rings. The number of aromatic nitrogens is 4. The number of nitrogens with one attached hydrogen (secondary N) is 1. The molecule has 1 aliphatic heterocycles. The van der Waals surface area contributed by atoms with E-state index in [4.69, 9.17) is 11.6 Å². The summed E-state index contributed by atoms with van der Waals surface area (Å²) in [5.41, 5.74) is 3.23. The highest BCUT2D eigenvalue weighted by Gasteiger charge is 2.35. The summed E-state index contributed by atoms with van der Waals surface area (Å²) in [6.07, 6.45) is 5.32. The van der Waals surface area contributed by atoms with Crippen LogP contribution >= 0.6 is 11.6 Å². The monoisotopic (exact) mass is 343 g/mol. The predicted octanol–water partition coefficient (Wildman–Crippen LogP) is 3.24. The van der Waals surface area contributed by atoms with Crippen molar-refractivity contribution in [3.63, 3.8) is 0 Å². The summed E-state index contributed by atoms with van der Waals surface area (Å²) < 4.78 is 1.67. The molecule has 24 heavy (non-hydrogen) atoms. The van der Waals surface area contributed by atoms with Crippen molar-refractivity contribution in [2.45, 2.75) is 25.8 Å². The Morgan fingerprint density at radius 1 is 1.46 bits per heavy atom. The Labute approximate surface area is 144 Å². The van der Waals surface area contributed by atoms with E-state index in [9.17, 15) is 4.79 Å². The summed E-state index contributed by atoms with van der Waals surface area (Å²) in [6, 6.07) is 3.73. The zero-order chi connectivity index (χ0) is 16.8. The molecule has 0 bridgehead atoms. The summed E-state index contributed by atoms with van der Waals surface area (Å²) in [7, 11) is 1.82. The number of hydrogen-bond donors (Lipinski definition) is 1. The standard InChI is InChI=1S/C17H18ClN5O/c1-10-14(15(18)22(2)21-10)13-6-4-8-23(13)17(24)12-9-20-16-11(12)5-3-7-19-16/h3,5,7,9,13H,4,6,8H2,1-2H3,(H,19,20)/t13-/m0/s1. The van der Waals surface area contributed by atoms with Gasteiger partial charge in [0, 0.05) is 36.9 Å². The number of H-pyrrole nitrogens is 1. The number of carbonyl (C=O) groups excluding carboxylic acids is 1. The highest BCUT2D eigenvalue weighted by atomic mass is 35.5. The highest BCUT2D eigenvalue weighted by molar-refractivity contribution is 6.30. The van der Waals surface area contributed by atoms with Crippen molar-refractivity contribution in [1.29, 1.82) is 0 Å². The van der Waals surface area contributed by atoms with E-state index in [1.165, 1.54) is 0 Å². The van der Waals surface area contributed by atoms with Crippen LogP contribution in [-0.4, -0.2) is 37.1 Å². The maximum atomic E-state index is 13.1. The Morgan fingerprint density at radius 2 is 2.29 bits per heavy atom. The maximum Gasteiger partial charge on any atom is 0.256 e. The average Bonchev–Trinajstić information content (AvgIpc) is 3.26. The van der Waals surface area contributed by atoms with Crippen LogP contribution < -0.4 is 0 Å². The summed E-state index contributed by atoms with van der Waals surface area (Å²) >= 11 is 6.43. The van der Waals surface area contributed by atoms with E-state index in [-0.39, 0.29) is 11.9 Å². The number of pyridine rings is 1. The topological polar surface area (TPSA) is 66.8 Å². The summed E-state index contributed by atoms with van der Waals surface area (Å²) in [5, 5.41) is 5.85. The second-order valence-corrected chi connectivity index (χ2v) is 6.53. The molecule has 6 nitrogen and oxygen atoms in total. The van der Waals surface area contributed by atoms with Crippen LogP contribution in [0.4, 0.5) is 0 Å². The van der Waals surface area contributed by atoms with Gasteiger partial charge < -0.3 is 9.88 Å². The molecule has 0 aromatic carbocycles. The summed E-state index contributed by atoms with van der Waals surface area (Å²) in [5.74, 6) is 0.0102. The number of carbonyl (C=O) groups is 1. The molecule has 0 radical (unpaired) electrons. The number of hydrogen-bond acceptors (Lipinski definition) is 3. The van der Waals surface area contributed by atoms with Crippen LogP contribution in [0.15, 0.2) is 24.5 Å². The molecule has 1 amide bonds. The van der Waals surface area contributed by atoms with Gasteiger partial charge in [0.1, 0.15) is 10.8 Å². The van der Waals surface area contributed by atoms with Crippen molar-refractivity contribution in [3.05, 3.63) is 46.5 Å². The Hall–Kier alpha value is -2.34. The molecule has 4 heterocycles. The number of aromatic amines is 1. The van der Waals surface area contributed by atoms with Crippen molar-refractivity contribution in [3.8, 4) is 0 Å². The molecule has 1 N–H and O–H groups in total. The molecule has 1 atom stereocenters. The molecule has 7 heteroatoms. The van der Waals surface area contributed by atoms with Gasteiger partial charge in [-0.1, -0.05) is 11.6 Å². The zero-order valence-corrected chi connectivity index (χ0v) is 14.3. The SMILES string of the molecule is Cc1nn(C)c(Cl)c1[C@@H]1CCCN1C(=O)c1c[nH]c2ncccc12. The van der Waals surface area contributed by atoms with E-state index in [1.807, 2.05) is 31.0 Å². The minimum Gasteiger partial charge on any atom is -0.345 e. The first-order chi connectivity index (χ1) is 11.6. The number of rotatable bonds is 2. The van der Waals surface area contributed by atoms with Gasteiger partial charge in [0.15, 0.2) is 0 Å². The first-order valence-electron chi connectivity index (χ1n) is 8.00. The molecule has 0 unspecified atom stereocenters. The molecule has 0 spiro atoms. The molecular formula is C17H18ClN5O. The van der Waals surface area contributed by atoms with Gasteiger partial charge in [0.05, 0.1) is 17.3 Å². The summed E-state index contributed by atoms with van der Waals surface area (Å²) in [6.45, 7) is 2.67. The van der Waals surface area contributed by atoms with Crippen molar-refractivity contribution in [2.75, 3.05) is 6.54 Å². The van der Waals surface area contributed by atoms with Crippen LogP contribution in [0.25, 0.3) is 11.0 Å². The van der Waals surface area contributed by atoms with E-state index >= 15 is 0 Å². The predicted molar refractivity (Wildman–Crippen MR) is 92.1 cm³/mol. The van der Waals surface area contributed by atoms with E-state index < -0.39 is 0 Å². The molecule has 4 rings (SSSR count). The fourth-order valence-electron chi connectivity index (χ4n) is 3.62. The quantitative estimate of drug-likeness (QED) is 0.776. The fraction of sp³-hybridized carbons (Fsp3) is 0.353. The third-order valence-electron chi connectivity index (χ3n) is 4.72. The average molecular weight is 344 g/mol. The van der Waals surface area contributed by atoms with Crippen molar-refractivity contribution in [1.82, 2.24) is 24.6 Å². The largest absolute Gasteiger partial charge is 0.345 e. The molecule has 0 aliphatic carbocycles. The minimum absolute atomic E-state index is 0.0102. The molecule has 0 saturated carbocycles. The third kappa shape index (κ3) is 2.21. The first-order valence-corrected chi connectivity index (χ1v) is 8.37. The first kappa shape index (κ1) is 15.2. The van der Waals surface area contributed by atoms with Gasteiger partial charge in [-0.05, 0) is 31.9 Å². The number of halogens is 1. The van der Waals surface area contributed by atoms with Crippen molar-refractivity contribution >= 4 is 28.5 Å². The molecular weight excluding hydrogens is 326 g/mol. The number of likely N-dealkylation sites (tertiary alicyclic amines) is 1. The van der Waals surface area contributed by atoms with Crippen LogP contribution in [0, 0.1) is 6.92 Å². The van der Waals surface area contributed by atoms with Gasteiger partial charge in [-0.25, -0.2) is 4.98 Å². The normalized spacial score (nSPS) is 17.8. The maximum absolute atomic E-state index is 13.1. The van der Waals surface area contributed by atoms with E-state index in [1.54, 1.807) is 17.1 Å². The van der Waals surface area contributed by atoms with Crippen LogP contribution in [0.1, 0.15) is 40.5 Å². The van der Waals surface area contributed by atoms with E-state index in [0.717, 1.165) is 41.7 Å². The van der Waals surface area contributed by atoms with E-state index in [2.05, 4.69) is 15.1 Å². The Bertz CT molecular complexity index is 928. The van der Waals surface area contributed by atoms with Crippen LogP contribution in [0.2, 0.25) is 5.15 Å². The lowest BCUT2D eigenvalue weighted by Gasteiger charge is -2.24. The highest BCUT2D eigenvalue weighted by Crippen LogP contribution is 2.38.